The second-order valence-corrected chi connectivity index (χ2v) is 12.8. The number of rotatable bonds is 4. The number of hydrogen-bond donors (Lipinski definition) is 1. The zero-order valence-electron chi connectivity index (χ0n) is 14.3. The Balaban J connectivity index is 1.82. The topological polar surface area (TPSA) is 57.2 Å². The predicted octanol–water partition coefficient (Wildman–Crippen LogP) is 2.64. The van der Waals surface area contributed by atoms with Gasteiger partial charge in [-0.3, -0.25) is 0 Å². The van der Waals surface area contributed by atoms with Gasteiger partial charge in [-0.15, -0.1) is 0 Å². The third-order valence-corrected chi connectivity index (χ3v) is 9.32. The molecule has 0 spiro atoms. The minimum atomic E-state index is -1.75. The van der Waals surface area contributed by atoms with Crippen LogP contribution in [0.2, 0.25) is 18.1 Å². The van der Waals surface area contributed by atoms with Crippen molar-refractivity contribution in [3.8, 4) is 0 Å². The summed E-state index contributed by atoms with van der Waals surface area (Å²) in [6.45, 7) is 15.4. The van der Waals surface area contributed by atoms with Crippen LogP contribution >= 0.6 is 0 Å². The van der Waals surface area contributed by atoms with Crippen LogP contribution in [-0.4, -0.2) is 50.4 Å². The van der Waals surface area contributed by atoms with Gasteiger partial charge in [-0.25, -0.2) is 0 Å². The summed E-state index contributed by atoms with van der Waals surface area (Å²) in [7, 11) is -1.75. The van der Waals surface area contributed by atoms with E-state index in [1.165, 1.54) is 0 Å². The maximum absolute atomic E-state index is 10.3. The van der Waals surface area contributed by atoms with Crippen molar-refractivity contribution < 1.29 is 23.7 Å². The van der Waals surface area contributed by atoms with Crippen LogP contribution in [0.3, 0.4) is 0 Å². The lowest BCUT2D eigenvalue weighted by atomic mass is 10.1. The van der Waals surface area contributed by atoms with Crippen molar-refractivity contribution in [3.05, 3.63) is 0 Å². The summed E-state index contributed by atoms with van der Waals surface area (Å²) in [6, 6.07) is 0. The van der Waals surface area contributed by atoms with Crippen LogP contribution in [0.25, 0.3) is 0 Å². The molecule has 5 nitrogen and oxygen atoms in total. The Hall–Kier alpha value is 0.0169. The zero-order valence-corrected chi connectivity index (χ0v) is 15.3. The average Bonchev–Trinajstić information content (AvgIpc) is 2.72. The fourth-order valence-electron chi connectivity index (χ4n) is 2.44. The van der Waals surface area contributed by atoms with Crippen molar-refractivity contribution in [1.29, 1.82) is 0 Å². The van der Waals surface area contributed by atoms with Gasteiger partial charge in [0, 0.05) is 6.61 Å². The van der Waals surface area contributed by atoms with Gasteiger partial charge in [-0.1, -0.05) is 20.8 Å². The molecular weight excluding hydrogens is 288 g/mol. The second kappa shape index (κ2) is 5.58. The number of aliphatic hydroxyl groups is 1. The van der Waals surface area contributed by atoms with Gasteiger partial charge in [-0.2, -0.15) is 0 Å². The van der Waals surface area contributed by atoms with Crippen molar-refractivity contribution >= 4 is 8.32 Å². The van der Waals surface area contributed by atoms with E-state index >= 15 is 0 Å². The lowest BCUT2D eigenvalue weighted by Crippen LogP contribution is -2.42. The molecule has 0 radical (unpaired) electrons. The van der Waals surface area contributed by atoms with Crippen molar-refractivity contribution in [2.24, 2.45) is 0 Å². The monoisotopic (exact) mass is 318 g/mol. The summed E-state index contributed by atoms with van der Waals surface area (Å²) in [5, 5.41) is 10.5. The highest BCUT2D eigenvalue weighted by Crippen LogP contribution is 2.39. The molecule has 21 heavy (non-hydrogen) atoms. The first-order valence-corrected chi connectivity index (χ1v) is 10.7. The molecule has 6 heteroatoms. The summed E-state index contributed by atoms with van der Waals surface area (Å²) >= 11 is 0. The number of hydrogen-bond acceptors (Lipinski definition) is 5. The van der Waals surface area contributed by atoms with E-state index in [1.807, 2.05) is 13.8 Å². The van der Waals surface area contributed by atoms with E-state index in [2.05, 4.69) is 33.9 Å². The number of fused-ring (bicyclic) bond motifs is 1. The molecular formula is C15H30O5Si. The predicted molar refractivity (Wildman–Crippen MR) is 82.5 cm³/mol. The molecule has 2 rings (SSSR count). The molecule has 0 bridgehead atoms. The minimum Gasteiger partial charge on any atom is -0.417 e. The van der Waals surface area contributed by atoms with Crippen molar-refractivity contribution in [1.82, 2.24) is 0 Å². The Labute approximate surface area is 129 Å². The molecule has 0 aromatic heterocycles. The molecule has 1 N–H and O–H groups in total. The van der Waals surface area contributed by atoms with Crippen molar-refractivity contribution in [3.63, 3.8) is 0 Å². The minimum absolute atomic E-state index is 0.189. The molecule has 0 aliphatic carbocycles. The Morgan fingerprint density at radius 1 is 1.19 bits per heavy atom. The second-order valence-electron chi connectivity index (χ2n) is 8.03. The largest absolute Gasteiger partial charge is 0.417 e. The molecule has 0 amide bonds. The lowest BCUT2D eigenvalue weighted by Gasteiger charge is -2.36. The fourth-order valence-corrected chi connectivity index (χ4v) is 3.50. The third kappa shape index (κ3) is 3.68. The molecule has 124 valence electrons. The summed E-state index contributed by atoms with van der Waals surface area (Å²) in [6.07, 6.45) is -1.13. The highest BCUT2D eigenvalue weighted by Gasteiger charge is 2.54. The highest BCUT2D eigenvalue weighted by atomic mass is 28.4. The van der Waals surface area contributed by atoms with E-state index in [0.29, 0.717) is 13.0 Å². The van der Waals surface area contributed by atoms with Crippen LogP contribution in [0.1, 0.15) is 41.0 Å². The molecule has 2 fully saturated rings. The van der Waals surface area contributed by atoms with Gasteiger partial charge in [0.25, 0.3) is 0 Å². The summed E-state index contributed by atoms with van der Waals surface area (Å²) in [5.41, 5.74) is 0. The zero-order chi connectivity index (χ0) is 16.1. The first-order valence-electron chi connectivity index (χ1n) is 7.76. The maximum atomic E-state index is 10.3. The van der Waals surface area contributed by atoms with Crippen LogP contribution in [-0.2, 0) is 18.6 Å². The van der Waals surface area contributed by atoms with Crippen LogP contribution < -0.4 is 0 Å². The van der Waals surface area contributed by atoms with Gasteiger partial charge in [-0.05, 0) is 38.4 Å². The van der Waals surface area contributed by atoms with Gasteiger partial charge in [0.2, 0.25) is 0 Å². The van der Waals surface area contributed by atoms with Crippen LogP contribution in [0.15, 0.2) is 0 Å². The number of aliphatic hydroxyl groups excluding tert-OH is 1. The molecule has 2 saturated heterocycles. The molecule has 4 atom stereocenters. The average molecular weight is 318 g/mol. The Morgan fingerprint density at radius 3 is 2.33 bits per heavy atom. The van der Waals surface area contributed by atoms with E-state index < -0.39 is 32.6 Å². The van der Waals surface area contributed by atoms with Crippen LogP contribution in [0.5, 0.6) is 0 Å². The molecule has 0 aromatic rings. The van der Waals surface area contributed by atoms with Gasteiger partial charge < -0.3 is 23.7 Å². The Morgan fingerprint density at radius 2 is 1.81 bits per heavy atom. The van der Waals surface area contributed by atoms with Gasteiger partial charge in [0.1, 0.15) is 12.2 Å². The molecule has 2 aliphatic heterocycles. The summed E-state index contributed by atoms with van der Waals surface area (Å²) in [5.74, 6) is -0.682. The summed E-state index contributed by atoms with van der Waals surface area (Å²) < 4.78 is 23.2. The number of ether oxygens (including phenoxy) is 3. The smallest absolute Gasteiger partial charge is 0.191 e. The lowest BCUT2D eigenvalue weighted by molar-refractivity contribution is -0.215. The Kier molecular flexibility index (Phi) is 4.62. The fraction of sp³-hybridized carbons (Fsp3) is 1.00. The summed E-state index contributed by atoms with van der Waals surface area (Å²) in [4.78, 5) is 0. The van der Waals surface area contributed by atoms with Gasteiger partial charge >= 0.3 is 0 Å². The Bertz CT molecular complexity index is 377. The standard InChI is InChI=1S/C15H30O5Si/c1-14(2,3)21(6,7)17-9-8-10-11(16)12-13(18-10)20-15(4,5)19-12/h10-13,16H,8-9H2,1-7H3/t10-,11+,12-,13+/m1/s1. The van der Waals surface area contributed by atoms with Crippen LogP contribution in [0, 0.1) is 0 Å². The van der Waals surface area contributed by atoms with E-state index in [0.717, 1.165) is 0 Å². The molecule has 0 unspecified atom stereocenters. The normalized spacial score (nSPS) is 36.0. The van der Waals surface area contributed by atoms with E-state index in [-0.39, 0.29) is 11.1 Å². The first-order chi connectivity index (χ1) is 9.43. The van der Waals surface area contributed by atoms with Gasteiger partial charge in [0.15, 0.2) is 20.4 Å². The maximum Gasteiger partial charge on any atom is 0.191 e. The third-order valence-electron chi connectivity index (χ3n) is 4.79. The first kappa shape index (κ1) is 17.4. The van der Waals surface area contributed by atoms with E-state index in [4.69, 9.17) is 18.6 Å². The molecule has 2 heterocycles. The van der Waals surface area contributed by atoms with Crippen molar-refractivity contribution in [2.45, 2.75) is 89.6 Å². The highest BCUT2D eigenvalue weighted by molar-refractivity contribution is 6.74. The van der Waals surface area contributed by atoms with E-state index in [9.17, 15) is 5.11 Å². The molecule has 0 aromatic carbocycles. The molecule has 0 saturated carbocycles. The molecule has 2 aliphatic rings. The van der Waals surface area contributed by atoms with Crippen molar-refractivity contribution in [2.75, 3.05) is 6.61 Å². The van der Waals surface area contributed by atoms with E-state index in [1.54, 1.807) is 0 Å². The SMILES string of the molecule is CC1(C)O[C@@H]2O[C@H](CCO[Si](C)(C)C(C)(C)C)[C@H](O)[C@H]2O1. The van der Waals surface area contributed by atoms with Gasteiger partial charge in [0.05, 0.1) is 6.10 Å². The van der Waals surface area contributed by atoms with Crippen LogP contribution in [0.4, 0.5) is 0 Å². The quantitative estimate of drug-likeness (QED) is 0.808.